The van der Waals surface area contributed by atoms with E-state index in [4.69, 9.17) is 5.11 Å². The first kappa shape index (κ1) is 13.1. The first-order valence-corrected chi connectivity index (χ1v) is 5.92. The van der Waals surface area contributed by atoms with Crippen molar-refractivity contribution in [1.29, 1.82) is 0 Å². The smallest absolute Gasteiger partial charge is 0.360 e. The fourth-order valence-electron chi connectivity index (χ4n) is 1.76. The first-order valence-electron chi connectivity index (χ1n) is 5.92. The highest BCUT2D eigenvalue weighted by Crippen LogP contribution is 2.24. The SMILES string of the molecule is CC(C)(C)c1ccc(-n2cc(O)c(C(=O)O)n2)cc1. The third-order valence-electron chi connectivity index (χ3n) is 2.90. The molecule has 0 saturated heterocycles. The number of carboxylic acids is 1. The first-order chi connectivity index (χ1) is 8.79. The fraction of sp³-hybridized carbons (Fsp3) is 0.286. The number of benzene rings is 1. The summed E-state index contributed by atoms with van der Waals surface area (Å²) in [6.07, 6.45) is 1.29. The molecule has 2 rings (SSSR count). The van der Waals surface area contributed by atoms with Crippen molar-refractivity contribution in [1.82, 2.24) is 9.78 Å². The van der Waals surface area contributed by atoms with Gasteiger partial charge in [0.15, 0.2) is 5.75 Å². The summed E-state index contributed by atoms with van der Waals surface area (Å²) >= 11 is 0. The van der Waals surface area contributed by atoms with Gasteiger partial charge in [0.25, 0.3) is 0 Å². The van der Waals surface area contributed by atoms with Gasteiger partial charge in [-0.1, -0.05) is 32.9 Å². The summed E-state index contributed by atoms with van der Waals surface area (Å²) in [4.78, 5) is 10.8. The van der Waals surface area contributed by atoms with E-state index in [2.05, 4.69) is 25.9 Å². The molecule has 100 valence electrons. The van der Waals surface area contributed by atoms with Crippen LogP contribution >= 0.6 is 0 Å². The van der Waals surface area contributed by atoms with Gasteiger partial charge in [-0.05, 0) is 23.1 Å². The highest BCUT2D eigenvalue weighted by molar-refractivity contribution is 5.88. The van der Waals surface area contributed by atoms with Crippen molar-refractivity contribution in [2.75, 3.05) is 0 Å². The Labute approximate surface area is 111 Å². The molecule has 1 aromatic carbocycles. The minimum atomic E-state index is -1.25. The third kappa shape index (κ3) is 2.59. The Kier molecular flexibility index (Phi) is 3.06. The molecule has 0 bridgehead atoms. The summed E-state index contributed by atoms with van der Waals surface area (Å²) in [5.74, 6) is -1.59. The Balaban J connectivity index is 2.38. The maximum atomic E-state index is 10.8. The summed E-state index contributed by atoms with van der Waals surface area (Å²) in [5, 5.41) is 22.2. The standard InChI is InChI=1S/C14H16N2O3/c1-14(2,3)9-4-6-10(7-5-9)16-8-11(17)12(15-16)13(18)19/h4-8,17H,1-3H3,(H,18,19). The average Bonchev–Trinajstić information content (AvgIpc) is 2.70. The van der Waals surface area contributed by atoms with Crippen LogP contribution in [-0.2, 0) is 5.41 Å². The lowest BCUT2D eigenvalue weighted by Gasteiger charge is -2.19. The molecule has 0 aliphatic carbocycles. The summed E-state index contributed by atoms with van der Waals surface area (Å²) in [5.41, 5.74) is 1.58. The van der Waals surface area contributed by atoms with Crippen LogP contribution in [0, 0.1) is 0 Å². The summed E-state index contributed by atoms with van der Waals surface area (Å²) in [6.45, 7) is 6.35. The molecular weight excluding hydrogens is 244 g/mol. The zero-order valence-corrected chi connectivity index (χ0v) is 11.1. The van der Waals surface area contributed by atoms with Crippen molar-refractivity contribution in [3.8, 4) is 11.4 Å². The zero-order chi connectivity index (χ0) is 14.2. The Hall–Kier alpha value is -2.30. The van der Waals surface area contributed by atoms with Crippen LogP contribution in [0.3, 0.4) is 0 Å². The highest BCUT2D eigenvalue weighted by Gasteiger charge is 2.17. The van der Waals surface area contributed by atoms with Crippen LogP contribution in [0.15, 0.2) is 30.5 Å². The van der Waals surface area contributed by atoms with E-state index in [0.29, 0.717) is 5.69 Å². The Morgan fingerprint density at radius 3 is 2.21 bits per heavy atom. The second-order valence-corrected chi connectivity index (χ2v) is 5.41. The number of hydrogen-bond donors (Lipinski definition) is 2. The molecule has 0 amide bonds. The van der Waals surface area contributed by atoms with E-state index in [1.807, 2.05) is 24.3 Å². The summed E-state index contributed by atoms with van der Waals surface area (Å²) in [6, 6.07) is 7.63. The molecule has 0 aliphatic heterocycles. The van der Waals surface area contributed by atoms with Crippen LogP contribution < -0.4 is 0 Å². The van der Waals surface area contributed by atoms with Crippen molar-refractivity contribution < 1.29 is 15.0 Å². The minimum absolute atomic E-state index is 0.0526. The molecule has 0 spiro atoms. The van der Waals surface area contributed by atoms with E-state index >= 15 is 0 Å². The molecule has 0 atom stereocenters. The van der Waals surface area contributed by atoms with Crippen molar-refractivity contribution in [3.05, 3.63) is 41.7 Å². The monoisotopic (exact) mass is 260 g/mol. The minimum Gasteiger partial charge on any atom is -0.504 e. The third-order valence-corrected chi connectivity index (χ3v) is 2.90. The van der Waals surface area contributed by atoms with E-state index in [0.717, 1.165) is 0 Å². The van der Waals surface area contributed by atoms with Crippen LogP contribution in [0.2, 0.25) is 0 Å². The fourth-order valence-corrected chi connectivity index (χ4v) is 1.76. The van der Waals surface area contributed by atoms with Gasteiger partial charge in [-0.25, -0.2) is 9.48 Å². The van der Waals surface area contributed by atoms with Crippen molar-refractivity contribution in [2.45, 2.75) is 26.2 Å². The largest absolute Gasteiger partial charge is 0.504 e. The molecule has 0 unspecified atom stereocenters. The van der Waals surface area contributed by atoms with E-state index in [1.54, 1.807) is 0 Å². The van der Waals surface area contributed by atoms with Gasteiger partial charge in [0.2, 0.25) is 5.69 Å². The molecule has 19 heavy (non-hydrogen) atoms. The molecule has 1 aromatic heterocycles. The quantitative estimate of drug-likeness (QED) is 0.870. The number of aromatic hydroxyl groups is 1. The van der Waals surface area contributed by atoms with Crippen molar-refractivity contribution >= 4 is 5.97 Å². The summed E-state index contributed by atoms with van der Waals surface area (Å²) in [7, 11) is 0. The Morgan fingerprint density at radius 1 is 1.21 bits per heavy atom. The van der Waals surface area contributed by atoms with E-state index in [9.17, 15) is 9.90 Å². The van der Waals surface area contributed by atoms with Crippen LogP contribution in [0.25, 0.3) is 5.69 Å². The number of hydrogen-bond acceptors (Lipinski definition) is 3. The van der Waals surface area contributed by atoms with Crippen LogP contribution in [0.1, 0.15) is 36.8 Å². The molecular formula is C14H16N2O3. The molecule has 0 fully saturated rings. The number of nitrogens with zero attached hydrogens (tertiary/aromatic N) is 2. The van der Waals surface area contributed by atoms with E-state index < -0.39 is 5.97 Å². The molecule has 0 aliphatic rings. The van der Waals surface area contributed by atoms with Gasteiger partial charge in [0.05, 0.1) is 11.9 Å². The van der Waals surface area contributed by atoms with Gasteiger partial charge < -0.3 is 10.2 Å². The normalized spacial score (nSPS) is 11.5. The highest BCUT2D eigenvalue weighted by atomic mass is 16.4. The van der Waals surface area contributed by atoms with Crippen molar-refractivity contribution in [2.24, 2.45) is 0 Å². The Morgan fingerprint density at radius 2 is 1.79 bits per heavy atom. The molecule has 0 radical (unpaired) electrons. The number of aromatic carboxylic acids is 1. The lowest BCUT2D eigenvalue weighted by Crippen LogP contribution is -2.11. The van der Waals surface area contributed by atoms with Gasteiger partial charge in [-0.3, -0.25) is 0 Å². The molecule has 1 heterocycles. The second kappa shape index (κ2) is 4.42. The van der Waals surface area contributed by atoms with Crippen LogP contribution in [-0.4, -0.2) is 26.0 Å². The predicted octanol–water partition coefficient (Wildman–Crippen LogP) is 2.57. The average molecular weight is 260 g/mol. The lowest BCUT2D eigenvalue weighted by atomic mass is 9.87. The van der Waals surface area contributed by atoms with Crippen LogP contribution in [0.5, 0.6) is 5.75 Å². The number of carboxylic acid groups (broad SMARTS) is 1. The number of carbonyl (C=O) groups is 1. The van der Waals surface area contributed by atoms with Gasteiger partial charge in [-0.2, -0.15) is 5.10 Å². The maximum Gasteiger partial charge on any atom is 0.360 e. The Bertz CT molecular complexity index is 607. The number of rotatable bonds is 2. The molecule has 2 aromatic rings. The van der Waals surface area contributed by atoms with E-state index in [1.165, 1.54) is 16.4 Å². The molecule has 2 N–H and O–H groups in total. The van der Waals surface area contributed by atoms with E-state index in [-0.39, 0.29) is 16.9 Å². The van der Waals surface area contributed by atoms with Gasteiger partial charge in [-0.15, -0.1) is 0 Å². The lowest BCUT2D eigenvalue weighted by molar-refractivity contribution is 0.0687. The van der Waals surface area contributed by atoms with Gasteiger partial charge in [0.1, 0.15) is 0 Å². The van der Waals surface area contributed by atoms with Crippen LogP contribution in [0.4, 0.5) is 0 Å². The second-order valence-electron chi connectivity index (χ2n) is 5.41. The van der Waals surface area contributed by atoms with Crippen molar-refractivity contribution in [3.63, 3.8) is 0 Å². The van der Waals surface area contributed by atoms with Gasteiger partial charge in [0, 0.05) is 0 Å². The van der Waals surface area contributed by atoms with Gasteiger partial charge >= 0.3 is 5.97 Å². The predicted molar refractivity (Wildman–Crippen MR) is 70.9 cm³/mol. The molecule has 5 nitrogen and oxygen atoms in total. The maximum absolute atomic E-state index is 10.8. The molecule has 5 heteroatoms. The summed E-state index contributed by atoms with van der Waals surface area (Å²) < 4.78 is 1.35. The topological polar surface area (TPSA) is 75.4 Å². The zero-order valence-electron chi connectivity index (χ0n) is 11.1. The molecule has 0 saturated carbocycles. The number of aromatic nitrogens is 2.